The summed E-state index contributed by atoms with van der Waals surface area (Å²) >= 11 is 0. The number of rotatable bonds is 8. The van der Waals surface area contributed by atoms with E-state index in [0.29, 0.717) is 23.4 Å². The zero-order valence-electron chi connectivity index (χ0n) is 18.3. The molecule has 0 bridgehead atoms. The number of allylic oxidation sites excluding steroid dienone is 1. The Kier molecular flexibility index (Phi) is 8.09. The Morgan fingerprint density at radius 3 is 2.09 bits per heavy atom. The van der Waals surface area contributed by atoms with Gasteiger partial charge in [0.25, 0.3) is 5.91 Å². The highest BCUT2D eigenvalue weighted by Crippen LogP contribution is 2.12. The van der Waals surface area contributed by atoms with E-state index >= 15 is 0 Å². The van der Waals surface area contributed by atoms with Gasteiger partial charge in [0.1, 0.15) is 0 Å². The molecule has 0 unspecified atom stereocenters. The van der Waals surface area contributed by atoms with Crippen LogP contribution in [0.4, 0.5) is 5.69 Å². The first-order valence-corrected chi connectivity index (χ1v) is 10.6. The van der Waals surface area contributed by atoms with Gasteiger partial charge < -0.3 is 5.32 Å². The molecule has 5 nitrogen and oxygen atoms in total. The van der Waals surface area contributed by atoms with Crippen molar-refractivity contribution in [3.8, 4) is 0 Å². The van der Waals surface area contributed by atoms with Crippen molar-refractivity contribution in [3.05, 3.63) is 108 Å². The van der Waals surface area contributed by atoms with Crippen molar-refractivity contribution in [1.29, 1.82) is 0 Å². The maximum Gasteiger partial charge on any atom is 0.271 e. The molecule has 0 saturated carbocycles. The molecule has 0 atom stereocenters. The van der Waals surface area contributed by atoms with Crippen LogP contribution in [0.25, 0.3) is 6.08 Å². The van der Waals surface area contributed by atoms with E-state index in [1.807, 2.05) is 86.7 Å². The summed E-state index contributed by atoms with van der Waals surface area (Å²) in [7, 11) is 0. The van der Waals surface area contributed by atoms with E-state index in [0.717, 1.165) is 11.1 Å². The molecule has 0 radical (unpaired) electrons. The number of nitrogens with one attached hydrogen (secondary N) is 2. The second-order valence-electron chi connectivity index (χ2n) is 7.77. The molecule has 0 aliphatic carbocycles. The quantitative estimate of drug-likeness (QED) is 0.369. The summed E-state index contributed by atoms with van der Waals surface area (Å²) in [5.74, 6) is -0.0845. The van der Waals surface area contributed by atoms with Crippen molar-refractivity contribution < 1.29 is 9.59 Å². The predicted molar refractivity (Wildman–Crippen MR) is 130 cm³/mol. The van der Waals surface area contributed by atoms with Crippen LogP contribution >= 0.6 is 0 Å². The topological polar surface area (TPSA) is 70.6 Å². The van der Waals surface area contributed by atoms with Gasteiger partial charge in [-0.15, -0.1) is 0 Å². The molecule has 0 heterocycles. The summed E-state index contributed by atoms with van der Waals surface area (Å²) in [6, 6.07) is 26.3. The molecular formula is C27H27N3O2. The lowest BCUT2D eigenvalue weighted by atomic mass is 10.1. The van der Waals surface area contributed by atoms with Crippen LogP contribution in [0, 0.1) is 5.92 Å². The highest BCUT2D eigenvalue weighted by atomic mass is 16.2. The Bertz CT molecular complexity index is 1090. The Morgan fingerprint density at radius 2 is 1.47 bits per heavy atom. The number of amides is 2. The molecule has 32 heavy (non-hydrogen) atoms. The summed E-state index contributed by atoms with van der Waals surface area (Å²) in [5, 5.41) is 7.19. The fraction of sp³-hybridized carbons (Fsp3) is 0.148. The van der Waals surface area contributed by atoms with Gasteiger partial charge in [-0.25, -0.2) is 5.43 Å². The van der Waals surface area contributed by atoms with E-state index in [4.69, 9.17) is 0 Å². The minimum Gasteiger partial charge on any atom is -0.326 e. The van der Waals surface area contributed by atoms with Gasteiger partial charge in [-0.1, -0.05) is 80.6 Å². The molecule has 162 valence electrons. The number of hydrogen-bond donors (Lipinski definition) is 2. The van der Waals surface area contributed by atoms with Crippen molar-refractivity contribution in [3.63, 3.8) is 0 Å². The zero-order valence-corrected chi connectivity index (χ0v) is 18.3. The number of carbonyl (C=O) groups is 2. The third kappa shape index (κ3) is 7.06. The Morgan fingerprint density at radius 1 is 0.844 bits per heavy atom. The first-order chi connectivity index (χ1) is 15.5. The molecule has 0 spiro atoms. The highest BCUT2D eigenvalue weighted by molar-refractivity contribution is 6.11. The van der Waals surface area contributed by atoms with E-state index in [1.165, 1.54) is 0 Å². The van der Waals surface area contributed by atoms with Crippen LogP contribution in [-0.4, -0.2) is 17.5 Å². The van der Waals surface area contributed by atoms with Crippen LogP contribution in [0.3, 0.4) is 0 Å². The first-order valence-electron chi connectivity index (χ1n) is 10.6. The number of hydrogen-bond acceptors (Lipinski definition) is 3. The Balaban J connectivity index is 1.71. The van der Waals surface area contributed by atoms with E-state index in [-0.39, 0.29) is 17.7 Å². The zero-order chi connectivity index (χ0) is 22.8. The monoisotopic (exact) mass is 425 g/mol. The minimum atomic E-state index is -0.327. The molecule has 2 amide bonds. The number of nitrogens with zero attached hydrogens (tertiary/aromatic N) is 1. The van der Waals surface area contributed by atoms with E-state index in [1.54, 1.807) is 24.3 Å². The largest absolute Gasteiger partial charge is 0.326 e. The number of hydrazone groups is 1. The van der Waals surface area contributed by atoms with Crippen molar-refractivity contribution in [2.45, 2.75) is 20.3 Å². The van der Waals surface area contributed by atoms with Crippen LogP contribution < -0.4 is 10.7 Å². The molecule has 0 aromatic heterocycles. The predicted octanol–water partition coefficient (Wildman–Crippen LogP) is 5.52. The summed E-state index contributed by atoms with van der Waals surface area (Å²) in [5.41, 5.74) is 6.31. The lowest BCUT2D eigenvalue weighted by Gasteiger charge is -2.08. The molecule has 0 aliphatic rings. The number of carbonyl (C=O) groups excluding carboxylic acids is 2. The average molecular weight is 426 g/mol. The SMILES string of the molecule is CC(C)CC(=O)Nc1ccc(C(=O)NN=C(/C=C\c2ccccc2)c2ccccc2)cc1. The molecule has 0 fully saturated rings. The van der Waals surface area contributed by atoms with Crippen LogP contribution in [0.1, 0.15) is 41.8 Å². The van der Waals surface area contributed by atoms with Gasteiger partial charge in [-0.3, -0.25) is 9.59 Å². The average Bonchev–Trinajstić information content (AvgIpc) is 2.80. The highest BCUT2D eigenvalue weighted by Gasteiger charge is 2.08. The van der Waals surface area contributed by atoms with Gasteiger partial charge in [0.15, 0.2) is 0 Å². The normalized spacial score (nSPS) is 11.5. The van der Waals surface area contributed by atoms with Crippen molar-refractivity contribution in [2.24, 2.45) is 11.0 Å². The lowest BCUT2D eigenvalue weighted by Crippen LogP contribution is -2.20. The molecule has 3 rings (SSSR count). The summed E-state index contributed by atoms with van der Waals surface area (Å²) < 4.78 is 0. The second kappa shape index (κ2) is 11.4. The minimum absolute atomic E-state index is 0.0421. The molecule has 0 aliphatic heterocycles. The lowest BCUT2D eigenvalue weighted by molar-refractivity contribution is -0.116. The maximum atomic E-state index is 12.6. The number of anilines is 1. The van der Waals surface area contributed by atoms with Gasteiger partial charge in [0, 0.05) is 23.2 Å². The summed E-state index contributed by atoms with van der Waals surface area (Å²) in [4.78, 5) is 24.5. The van der Waals surface area contributed by atoms with E-state index in [9.17, 15) is 9.59 Å². The third-order valence-corrected chi connectivity index (χ3v) is 4.61. The molecular weight excluding hydrogens is 398 g/mol. The van der Waals surface area contributed by atoms with Crippen LogP contribution in [0.5, 0.6) is 0 Å². The summed E-state index contributed by atoms with van der Waals surface area (Å²) in [6.45, 7) is 3.98. The molecule has 3 aromatic rings. The van der Waals surface area contributed by atoms with Gasteiger partial charge in [-0.2, -0.15) is 5.10 Å². The molecule has 2 N–H and O–H groups in total. The molecule has 0 saturated heterocycles. The van der Waals surface area contributed by atoms with Gasteiger partial charge in [0.05, 0.1) is 5.71 Å². The van der Waals surface area contributed by atoms with E-state index < -0.39 is 0 Å². The van der Waals surface area contributed by atoms with Crippen molar-refractivity contribution >= 4 is 29.3 Å². The smallest absolute Gasteiger partial charge is 0.271 e. The molecule has 3 aromatic carbocycles. The Labute approximate surface area is 188 Å². The standard InChI is InChI=1S/C27H27N3O2/c1-20(2)19-26(31)28-24-16-14-23(15-17-24)27(32)30-29-25(22-11-7-4-8-12-22)18-13-21-9-5-3-6-10-21/h3-18,20H,19H2,1-2H3,(H,28,31)(H,30,32)/b18-13-,29-25?. The van der Waals surface area contributed by atoms with Gasteiger partial charge in [-0.05, 0) is 41.8 Å². The summed E-state index contributed by atoms with van der Waals surface area (Å²) in [6.07, 6.45) is 4.28. The van der Waals surface area contributed by atoms with Crippen LogP contribution in [0.2, 0.25) is 0 Å². The van der Waals surface area contributed by atoms with Crippen LogP contribution in [-0.2, 0) is 4.79 Å². The second-order valence-corrected chi connectivity index (χ2v) is 7.77. The van der Waals surface area contributed by atoms with Crippen LogP contribution in [0.15, 0.2) is 96.1 Å². The Hall–Kier alpha value is -3.99. The van der Waals surface area contributed by atoms with Crippen molar-refractivity contribution in [2.75, 3.05) is 5.32 Å². The van der Waals surface area contributed by atoms with Gasteiger partial charge >= 0.3 is 0 Å². The fourth-order valence-corrected chi connectivity index (χ4v) is 3.01. The van der Waals surface area contributed by atoms with Gasteiger partial charge in [0.2, 0.25) is 5.91 Å². The first kappa shape index (κ1) is 22.7. The fourth-order valence-electron chi connectivity index (χ4n) is 3.01. The van der Waals surface area contributed by atoms with E-state index in [2.05, 4.69) is 15.8 Å². The third-order valence-electron chi connectivity index (χ3n) is 4.61. The van der Waals surface area contributed by atoms with Crippen molar-refractivity contribution in [1.82, 2.24) is 5.43 Å². The number of benzene rings is 3. The maximum absolute atomic E-state index is 12.6. The molecule has 5 heteroatoms.